The predicted molar refractivity (Wildman–Crippen MR) is 51.6 cm³/mol. The van der Waals surface area contributed by atoms with Gasteiger partial charge in [-0.05, 0) is 12.1 Å². The fourth-order valence-electron chi connectivity index (χ4n) is 0.888. The Morgan fingerprint density at radius 2 is 1.87 bits per heavy atom. The van der Waals surface area contributed by atoms with Crippen molar-refractivity contribution in [3.05, 3.63) is 30.3 Å². The summed E-state index contributed by atoms with van der Waals surface area (Å²) in [6.07, 6.45) is 0. The number of carbonyl (C=O) groups excluding carboxylic acids is 1. The first kappa shape index (κ1) is 11.5. The summed E-state index contributed by atoms with van der Waals surface area (Å²) in [6, 6.07) is 7.70. The summed E-state index contributed by atoms with van der Waals surface area (Å²) in [5.41, 5.74) is 2.68. The van der Waals surface area contributed by atoms with Crippen LogP contribution in [-0.2, 0) is 14.9 Å². The lowest BCUT2D eigenvalue weighted by atomic mass is 10.3. The van der Waals surface area contributed by atoms with E-state index in [1.165, 1.54) is 12.1 Å². The standard InChI is InChI=1S/C8H9NO5S/c9-7(10)8(15(11,12)13)14-6-4-2-1-3-5-6/h1-5,8H,(H2,9,10)(H,11,12,13). The average Bonchev–Trinajstić information content (AvgIpc) is 2.13. The molecule has 0 bridgehead atoms. The topological polar surface area (TPSA) is 107 Å². The number of hydrogen-bond acceptors (Lipinski definition) is 4. The number of carbonyl (C=O) groups is 1. The van der Waals surface area contributed by atoms with Gasteiger partial charge in [0.05, 0.1) is 0 Å². The van der Waals surface area contributed by atoms with Gasteiger partial charge in [0, 0.05) is 0 Å². The highest BCUT2D eigenvalue weighted by Gasteiger charge is 2.31. The quantitative estimate of drug-likeness (QED) is 0.696. The Kier molecular flexibility index (Phi) is 3.28. The first-order valence-corrected chi connectivity index (χ1v) is 5.39. The molecule has 3 N–H and O–H groups in total. The lowest BCUT2D eigenvalue weighted by Gasteiger charge is -2.12. The van der Waals surface area contributed by atoms with E-state index in [0.717, 1.165) is 0 Å². The maximum Gasteiger partial charge on any atom is 0.313 e. The molecule has 1 aromatic rings. The van der Waals surface area contributed by atoms with Crippen LogP contribution in [-0.4, -0.2) is 24.3 Å². The van der Waals surface area contributed by atoms with Gasteiger partial charge in [0.15, 0.2) is 0 Å². The zero-order valence-corrected chi connectivity index (χ0v) is 8.35. The van der Waals surface area contributed by atoms with Crippen LogP contribution in [0.5, 0.6) is 5.75 Å². The second-order valence-electron chi connectivity index (χ2n) is 2.68. The van der Waals surface area contributed by atoms with Crippen molar-refractivity contribution in [3.63, 3.8) is 0 Å². The molecule has 1 rings (SSSR count). The van der Waals surface area contributed by atoms with Crippen LogP contribution in [0.4, 0.5) is 0 Å². The van der Waals surface area contributed by atoms with Crippen LogP contribution in [0, 0.1) is 0 Å². The van der Waals surface area contributed by atoms with Crippen LogP contribution in [0.1, 0.15) is 0 Å². The van der Waals surface area contributed by atoms with E-state index >= 15 is 0 Å². The monoisotopic (exact) mass is 231 g/mol. The van der Waals surface area contributed by atoms with Crippen LogP contribution < -0.4 is 10.5 Å². The van der Waals surface area contributed by atoms with Gasteiger partial charge in [0.25, 0.3) is 5.91 Å². The van der Waals surface area contributed by atoms with E-state index < -0.39 is 21.5 Å². The molecule has 0 aliphatic carbocycles. The molecule has 0 spiro atoms. The summed E-state index contributed by atoms with van der Waals surface area (Å²) >= 11 is 0. The molecule has 0 aliphatic rings. The third kappa shape index (κ3) is 3.22. The third-order valence-electron chi connectivity index (χ3n) is 1.49. The predicted octanol–water partition coefficient (Wildman–Crippen LogP) is -0.235. The molecular weight excluding hydrogens is 222 g/mol. The molecule has 15 heavy (non-hydrogen) atoms. The number of amides is 1. The van der Waals surface area contributed by atoms with Gasteiger partial charge in [0.1, 0.15) is 5.75 Å². The maximum absolute atomic E-state index is 10.7. The fourth-order valence-corrected chi connectivity index (χ4v) is 1.41. The summed E-state index contributed by atoms with van der Waals surface area (Å²) in [5.74, 6) is -1.15. The molecule has 6 nitrogen and oxygen atoms in total. The molecule has 0 fully saturated rings. The average molecular weight is 231 g/mol. The molecule has 0 saturated heterocycles. The van der Waals surface area contributed by atoms with Crippen molar-refractivity contribution in [3.8, 4) is 5.75 Å². The summed E-state index contributed by atoms with van der Waals surface area (Å²) < 4.78 is 34.8. The van der Waals surface area contributed by atoms with E-state index in [9.17, 15) is 13.2 Å². The highest BCUT2D eigenvalue weighted by molar-refractivity contribution is 7.87. The van der Waals surface area contributed by atoms with Crippen LogP contribution in [0.15, 0.2) is 30.3 Å². The van der Waals surface area contributed by atoms with Gasteiger partial charge >= 0.3 is 15.6 Å². The second-order valence-corrected chi connectivity index (χ2v) is 4.14. The summed E-state index contributed by atoms with van der Waals surface area (Å²) in [4.78, 5) is 10.7. The first-order valence-electron chi connectivity index (χ1n) is 3.88. The molecule has 82 valence electrons. The van der Waals surface area contributed by atoms with Crippen molar-refractivity contribution in [2.24, 2.45) is 5.73 Å². The van der Waals surface area contributed by atoms with Gasteiger partial charge in [-0.3, -0.25) is 9.35 Å². The van der Waals surface area contributed by atoms with Crippen molar-refractivity contribution in [1.82, 2.24) is 0 Å². The molecule has 0 heterocycles. The maximum atomic E-state index is 10.7. The molecule has 1 unspecified atom stereocenters. The molecule has 0 saturated carbocycles. The van der Waals surface area contributed by atoms with E-state index in [1.54, 1.807) is 18.2 Å². The number of ether oxygens (including phenoxy) is 1. The highest BCUT2D eigenvalue weighted by atomic mass is 32.2. The van der Waals surface area contributed by atoms with Crippen LogP contribution in [0.2, 0.25) is 0 Å². The molecule has 1 amide bonds. The van der Waals surface area contributed by atoms with Gasteiger partial charge in [0.2, 0.25) is 0 Å². The van der Waals surface area contributed by atoms with E-state index in [1.807, 2.05) is 0 Å². The normalized spacial score (nSPS) is 13.1. The van der Waals surface area contributed by atoms with Crippen LogP contribution >= 0.6 is 0 Å². The second kappa shape index (κ2) is 4.28. The van der Waals surface area contributed by atoms with Gasteiger partial charge < -0.3 is 10.5 Å². The number of benzene rings is 1. The first-order chi connectivity index (χ1) is 6.91. The zero-order chi connectivity index (χ0) is 11.5. The number of hydrogen-bond donors (Lipinski definition) is 2. The van der Waals surface area contributed by atoms with Crippen molar-refractivity contribution >= 4 is 16.0 Å². The highest BCUT2D eigenvalue weighted by Crippen LogP contribution is 2.12. The number of para-hydroxylation sites is 1. The van der Waals surface area contributed by atoms with Crippen LogP contribution in [0.3, 0.4) is 0 Å². The largest absolute Gasteiger partial charge is 0.462 e. The van der Waals surface area contributed by atoms with Gasteiger partial charge in [-0.25, -0.2) is 0 Å². The van der Waals surface area contributed by atoms with E-state index in [-0.39, 0.29) is 5.75 Å². The summed E-state index contributed by atoms with van der Waals surface area (Å²) in [5, 5.41) is 0. The van der Waals surface area contributed by atoms with Gasteiger partial charge in [-0.1, -0.05) is 18.2 Å². The van der Waals surface area contributed by atoms with E-state index in [4.69, 9.17) is 15.0 Å². The Balaban J connectivity index is 2.92. The minimum Gasteiger partial charge on any atom is -0.462 e. The molecule has 0 radical (unpaired) electrons. The number of rotatable bonds is 4. The molecular formula is C8H9NO5S. The SMILES string of the molecule is NC(=O)C(Oc1ccccc1)S(=O)(=O)O. The fraction of sp³-hybridized carbons (Fsp3) is 0.125. The zero-order valence-electron chi connectivity index (χ0n) is 7.53. The molecule has 1 aromatic carbocycles. The number of nitrogens with two attached hydrogens (primary N) is 1. The van der Waals surface area contributed by atoms with Crippen molar-refractivity contribution in [2.45, 2.75) is 5.44 Å². The van der Waals surface area contributed by atoms with Crippen molar-refractivity contribution < 1.29 is 22.5 Å². The van der Waals surface area contributed by atoms with Crippen LogP contribution in [0.25, 0.3) is 0 Å². The van der Waals surface area contributed by atoms with Gasteiger partial charge in [-0.2, -0.15) is 8.42 Å². The third-order valence-corrected chi connectivity index (χ3v) is 2.36. The summed E-state index contributed by atoms with van der Waals surface area (Å²) in [7, 11) is -4.66. The summed E-state index contributed by atoms with van der Waals surface area (Å²) in [6.45, 7) is 0. The minimum atomic E-state index is -4.66. The molecule has 0 aromatic heterocycles. The molecule has 1 atom stereocenters. The lowest BCUT2D eigenvalue weighted by molar-refractivity contribution is -0.121. The lowest BCUT2D eigenvalue weighted by Crippen LogP contribution is -2.40. The minimum absolute atomic E-state index is 0.124. The van der Waals surface area contributed by atoms with Gasteiger partial charge in [-0.15, -0.1) is 0 Å². The molecule has 7 heteroatoms. The Morgan fingerprint density at radius 1 is 1.33 bits per heavy atom. The number of primary amides is 1. The smallest absolute Gasteiger partial charge is 0.313 e. The van der Waals surface area contributed by atoms with E-state index in [0.29, 0.717) is 0 Å². The molecule has 0 aliphatic heterocycles. The van der Waals surface area contributed by atoms with Crippen molar-refractivity contribution in [2.75, 3.05) is 0 Å². The van der Waals surface area contributed by atoms with Crippen molar-refractivity contribution in [1.29, 1.82) is 0 Å². The van der Waals surface area contributed by atoms with E-state index in [2.05, 4.69) is 0 Å². The Hall–Kier alpha value is -1.60. The Morgan fingerprint density at radius 3 is 2.27 bits per heavy atom. The Labute approximate surface area is 86.4 Å². The Bertz CT molecular complexity index is 441.